The highest BCUT2D eigenvalue weighted by Gasteiger charge is 2.50. The number of nitrogens with one attached hydrogen (secondary N) is 2. The lowest BCUT2D eigenvalue weighted by Gasteiger charge is -2.45. The number of anilines is 1. The number of rotatable bonds is 10. The average molecular weight is 683 g/mol. The minimum absolute atomic E-state index is 0.0236. The molecule has 3 fully saturated rings. The van der Waals surface area contributed by atoms with E-state index < -0.39 is 21.9 Å². The minimum atomic E-state index is -3.63. The Morgan fingerprint density at radius 2 is 1.45 bits per heavy atom. The Balaban J connectivity index is 1.04. The summed E-state index contributed by atoms with van der Waals surface area (Å²) in [5.41, 5.74) is 4.01. The number of sulfonamides is 1. The molecule has 256 valence electrons. The first kappa shape index (κ1) is 33.4. The van der Waals surface area contributed by atoms with Crippen molar-refractivity contribution in [1.29, 1.82) is 0 Å². The van der Waals surface area contributed by atoms with Crippen LogP contribution in [-0.4, -0.2) is 62.3 Å². The van der Waals surface area contributed by atoms with Gasteiger partial charge in [-0.25, -0.2) is 13.1 Å². The summed E-state index contributed by atoms with van der Waals surface area (Å²) in [6.45, 7) is 2.89. The molecule has 3 atom stereocenters. The fourth-order valence-electron chi connectivity index (χ4n) is 7.11. The highest BCUT2D eigenvalue weighted by Crippen LogP contribution is 2.40. The summed E-state index contributed by atoms with van der Waals surface area (Å²) < 4.78 is 41.2. The summed E-state index contributed by atoms with van der Waals surface area (Å²) in [4.78, 5) is 18.0. The van der Waals surface area contributed by atoms with Crippen molar-refractivity contribution in [2.75, 3.05) is 31.2 Å². The van der Waals surface area contributed by atoms with Crippen molar-refractivity contribution in [1.82, 2.24) is 14.9 Å². The molecule has 0 bridgehead atoms. The number of nitrogens with zero attached hydrogens (tertiary/aromatic N) is 2. The van der Waals surface area contributed by atoms with E-state index >= 15 is 0 Å². The van der Waals surface area contributed by atoms with E-state index in [4.69, 9.17) is 9.47 Å². The number of carbonyl (C=O) groups excluding carboxylic acids is 1. The second kappa shape index (κ2) is 14.4. The molecular weight excluding hydrogens is 641 g/mol. The van der Waals surface area contributed by atoms with Gasteiger partial charge in [-0.15, -0.1) is 0 Å². The smallest absolute Gasteiger partial charge is 0.247 e. The fraction of sp³-hybridized carbons (Fsp3) is 0.342. The highest BCUT2D eigenvalue weighted by molar-refractivity contribution is 7.89. The summed E-state index contributed by atoms with van der Waals surface area (Å²) >= 11 is 0. The van der Waals surface area contributed by atoms with Crippen molar-refractivity contribution in [2.24, 2.45) is 0 Å². The second-order valence-electron chi connectivity index (χ2n) is 13.0. The molecule has 3 aliphatic rings. The summed E-state index contributed by atoms with van der Waals surface area (Å²) in [6, 6.07) is 33.9. The summed E-state index contributed by atoms with van der Waals surface area (Å²) in [5, 5.41) is 12.7. The number of carbonyl (C=O) groups is 1. The van der Waals surface area contributed by atoms with E-state index in [-0.39, 0.29) is 36.2 Å². The van der Waals surface area contributed by atoms with Crippen molar-refractivity contribution in [2.45, 2.75) is 61.3 Å². The van der Waals surface area contributed by atoms with Crippen molar-refractivity contribution in [3.63, 3.8) is 0 Å². The Morgan fingerprint density at radius 3 is 2.12 bits per heavy atom. The monoisotopic (exact) mass is 682 g/mol. The lowest BCUT2D eigenvalue weighted by atomic mass is 9.85. The van der Waals surface area contributed by atoms with Crippen LogP contribution in [0.2, 0.25) is 0 Å². The van der Waals surface area contributed by atoms with Crippen LogP contribution >= 0.6 is 0 Å². The third kappa shape index (κ3) is 7.28. The van der Waals surface area contributed by atoms with E-state index in [0.717, 1.165) is 53.9 Å². The zero-order valence-corrected chi connectivity index (χ0v) is 28.1. The molecular formula is C38H42N4O6S. The van der Waals surface area contributed by atoms with E-state index in [1.54, 1.807) is 30.3 Å². The molecule has 3 N–H and O–H groups in total. The number of aliphatic hydroxyl groups excluding tert-OH is 1. The first-order chi connectivity index (χ1) is 23.8. The van der Waals surface area contributed by atoms with Crippen LogP contribution in [0, 0.1) is 0 Å². The van der Waals surface area contributed by atoms with Gasteiger partial charge in [0, 0.05) is 43.9 Å². The van der Waals surface area contributed by atoms with Crippen molar-refractivity contribution in [3.8, 4) is 0 Å². The lowest BCUT2D eigenvalue weighted by Crippen LogP contribution is -2.57. The number of benzene rings is 4. The number of likely N-dealkylation sites (tertiary alicyclic amines) is 1. The third-order valence-electron chi connectivity index (χ3n) is 9.94. The molecule has 3 heterocycles. The first-order valence-electron chi connectivity index (χ1n) is 16.8. The second-order valence-corrected chi connectivity index (χ2v) is 14.8. The quantitative estimate of drug-likeness (QED) is 0.222. The Hall–Kier alpha value is -4.10. The zero-order chi connectivity index (χ0) is 33.8. The van der Waals surface area contributed by atoms with Crippen LogP contribution in [0.1, 0.15) is 53.9 Å². The van der Waals surface area contributed by atoms with E-state index in [0.29, 0.717) is 19.6 Å². The van der Waals surface area contributed by atoms with Gasteiger partial charge in [-0.2, -0.15) is 0 Å². The molecule has 7 rings (SSSR count). The van der Waals surface area contributed by atoms with Gasteiger partial charge in [-0.3, -0.25) is 4.79 Å². The molecule has 10 nitrogen and oxygen atoms in total. The molecule has 3 aliphatic heterocycles. The van der Waals surface area contributed by atoms with Gasteiger partial charge >= 0.3 is 0 Å². The zero-order valence-electron chi connectivity index (χ0n) is 27.3. The van der Waals surface area contributed by atoms with Gasteiger partial charge in [0.15, 0.2) is 6.29 Å². The molecule has 49 heavy (non-hydrogen) atoms. The molecule has 3 saturated heterocycles. The highest BCUT2D eigenvalue weighted by atomic mass is 32.2. The molecule has 0 unspecified atom stereocenters. The van der Waals surface area contributed by atoms with Gasteiger partial charge in [0.25, 0.3) is 0 Å². The molecule has 0 aliphatic carbocycles. The standard InChI is InChI=1S/C38H42N4O6S/c43-26-29-13-15-30(16-14-29)35-23-33(25-41-21-19-38(20-22-41)37(44)39-27-42(38)32-7-3-1-4-8-32)47-36(48-35)31-17-11-28(12-18-31)24-40-49(45,46)34-9-5-2-6-10-34/h1-18,33,35-36,40,43H,19-27H2,(H,39,44)/t33-,35+,36+/m0/s1. The van der Waals surface area contributed by atoms with Gasteiger partial charge in [-0.1, -0.05) is 84.9 Å². The number of para-hydroxylation sites is 1. The predicted octanol–water partition coefficient (Wildman–Crippen LogP) is 4.63. The van der Waals surface area contributed by atoms with Gasteiger partial charge < -0.3 is 29.7 Å². The van der Waals surface area contributed by atoms with Gasteiger partial charge in [0.1, 0.15) is 5.54 Å². The topological polar surface area (TPSA) is 120 Å². The summed E-state index contributed by atoms with van der Waals surface area (Å²) in [7, 11) is -3.63. The minimum Gasteiger partial charge on any atom is -0.392 e. The number of piperidine rings is 1. The number of hydrogen-bond acceptors (Lipinski definition) is 8. The lowest BCUT2D eigenvalue weighted by molar-refractivity contribution is -0.253. The maximum atomic E-state index is 13.2. The van der Waals surface area contributed by atoms with Crippen LogP contribution in [0.25, 0.3) is 0 Å². The maximum Gasteiger partial charge on any atom is 0.247 e. The number of aliphatic hydroxyl groups is 1. The molecule has 1 amide bonds. The third-order valence-corrected chi connectivity index (χ3v) is 11.4. The predicted molar refractivity (Wildman–Crippen MR) is 186 cm³/mol. The van der Waals surface area contributed by atoms with Gasteiger partial charge in [-0.05, 0) is 53.8 Å². The molecule has 11 heteroatoms. The van der Waals surface area contributed by atoms with Crippen LogP contribution in [0.4, 0.5) is 5.69 Å². The molecule has 0 saturated carbocycles. The first-order valence-corrected chi connectivity index (χ1v) is 18.3. The van der Waals surface area contributed by atoms with Gasteiger partial charge in [0.05, 0.1) is 30.4 Å². The summed E-state index contributed by atoms with van der Waals surface area (Å²) in [6.07, 6.45) is 1.13. The Kier molecular flexibility index (Phi) is 9.82. The average Bonchev–Trinajstić information content (AvgIpc) is 3.47. The Labute approximate surface area is 287 Å². The number of ether oxygens (including phenoxy) is 2. The molecule has 4 aromatic carbocycles. The normalized spacial score (nSPS) is 22.7. The fourth-order valence-corrected chi connectivity index (χ4v) is 8.15. The van der Waals surface area contributed by atoms with E-state index in [9.17, 15) is 18.3 Å². The van der Waals surface area contributed by atoms with Gasteiger partial charge in [0.2, 0.25) is 15.9 Å². The molecule has 0 aromatic heterocycles. The van der Waals surface area contributed by atoms with E-state index in [1.807, 2.05) is 66.7 Å². The number of hydrogen-bond donors (Lipinski definition) is 3. The largest absolute Gasteiger partial charge is 0.392 e. The van der Waals surface area contributed by atoms with Crippen molar-refractivity contribution < 1.29 is 27.8 Å². The van der Waals surface area contributed by atoms with E-state index in [2.05, 4.69) is 32.0 Å². The SMILES string of the molecule is O=C1NCN(c2ccccc2)C12CCN(C[C@@H]1C[C@H](c3ccc(CO)cc3)O[C@H](c3ccc(CNS(=O)(=O)c4ccccc4)cc3)O1)CC2. The Morgan fingerprint density at radius 1 is 0.816 bits per heavy atom. The van der Waals surface area contributed by atoms with Crippen LogP contribution in [0.3, 0.4) is 0 Å². The molecule has 0 radical (unpaired) electrons. The van der Waals surface area contributed by atoms with Crippen molar-refractivity contribution in [3.05, 3.63) is 131 Å². The number of amides is 1. The van der Waals surface area contributed by atoms with Crippen LogP contribution < -0.4 is 14.9 Å². The van der Waals surface area contributed by atoms with Crippen LogP contribution in [-0.2, 0) is 37.4 Å². The van der Waals surface area contributed by atoms with E-state index in [1.165, 1.54) is 0 Å². The summed E-state index contributed by atoms with van der Waals surface area (Å²) in [5.74, 6) is 0.0982. The van der Waals surface area contributed by atoms with Crippen LogP contribution in [0.5, 0.6) is 0 Å². The maximum absolute atomic E-state index is 13.2. The molecule has 4 aromatic rings. The Bertz CT molecular complexity index is 1820. The molecule has 1 spiro atoms. The van der Waals surface area contributed by atoms with Crippen LogP contribution in [0.15, 0.2) is 114 Å². The van der Waals surface area contributed by atoms with Crippen molar-refractivity contribution >= 4 is 21.6 Å².